The van der Waals surface area contributed by atoms with Crippen molar-refractivity contribution in [1.82, 2.24) is 0 Å². The van der Waals surface area contributed by atoms with E-state index in [0.717, 1.165) is 17.2 Å². The van der Waals surface area contributed by atoms with Crippen LogP contribution in [0.4, 0.5) is 10.1 Å². The van der Waals surface area contributed by atoms with Crippen molar-refractivity contribution in [2.45, 2.75) is 25.3 Å². The Kier molecular flexibility index (Phi) is 4.29. The zero-order valence-electron chi connectivity index (χ0n) is 11.9. The van der Waals surface area contributed by atoms with Crippen molar-refractivity contribution in [3.63, 3.8) is 0 Å². The number of aryl methyl sites for hydroxylation is 2. The minimum Gasteiger partial charge on any atom is -0.326 e. The molecule has 0 fully saturated rings. The van der Waals surface area contributed by atoms with Gasteiger partial charge in [0, 0.05) is 6.54 Å². The Morgan fingerprint density at radius 2 is 1.86 bits per heavy atom. The van der Waals surface area contributed by atoms with E-state index in [1.54, 1.807) is 19.1 Å². The first-order valence-corrected chi connectivity index (χ1v) is 7.90. The van der Waals surface area contributed by atoms with Gasteiger partial charge in [0.2, 0.25) is 0 Å². The lowest BCUT2D eigenvalue weighted by atomic mass is 10.1. The first-order valence-electron chi connectivity index (χ1n) is 6.42. The van der Waals surface area contributed by atoms with Crippen molar-refractivity contribution in [2.75, 3.05) is 4.72 Å². The molecule has 0 heterocycles. The summed E-state index contributed by atoms with van der Waals surface area (Å²) in [5.41, 5.74) is 8.19. The van der Waals surface area contributed by atoms with Gasteiger partial charge < -0.3 is 5.73 Å². The van der Waals surface area contributed by atoms with Crippen molar-refractivity contribution >= 4 is 15.7 Å². The maximum Gasteiger partial charge on any atom is 0.262 e. The third-order valence-electron chi connectivity index (χ3n) is 3.16. The van der Waals surface area contributed by atoms with Gasteiger partial charge in [-0.3, -0.25) is 4.72 Å². The maximum absolute atomic E-state index is 13.4. The highest BCUT2D eigenvalue weighted by Gasteiger charge is 2.19. The summed E-state index contributed by atoms with van der Waals surface area (Å²) in [5.74, 6) is -0.617. The fourth-order valence-corrected chi connectivity index (χ4v) is 3.47. The van der Waals surface area contributed by atoms with Crippen molar-refractivity contribution in [3.05, 3.63) is 58.9 Å². The number of hydrogen-bond acceptors (Lipinski definition) is 3. The molecule has 0 saturated heterocycles. The fourth-order valence-electron chi connectivity index (χ4n) is 2.08. The van der Waals surface area contributed by atoms with Crippen molar-refractivity contribution in [1.29, 1.82) is 0 Å². The number of benzene rings is 2. The zero-order valence-corrected chi connectivity index (χ0v) is 12.7. The van der Waals surface area contributed by atoms with Crippen LogP contribution in [0.3, 0.4) is 0 Å². The first kappa shape index (κ1) is 15.5. The van der Waals surface area contributed by atoms with Crippen LogP contribution >= 0.6 is 0 Å². The largest absolute Gasteiger partial charge is 0.326 e. The molecule has 3 N–H and O–H groups in total. The van der Waals surface area contributed by atoms with Gasteiger partial charge in [-0.25, -0.2) is 12.8 Å². The van der Waals surface area contributed by atoms with Crippen LogP contribution in [0.5, 0.6) is 0 Å². The summed E-state index contributed by atoms with van der Waals surface area (Å²) in [6.45, 7) is 3.74. The molecule has 0 bridgehead atoms. The number of anilines is 1. The molecule has 0 saturated carbocycles. The van der Waals surface area contributed by atoms with Gasteiger partial charge in [0.25, 0.3) is 10.0 Å². The van der Waals surface area contributed by atoms with Crippen molar-refractivity contribution < 1.29 is 12.8 Å². The number of halogens is 1. The molecule has 0 aromatic heterocycles. The minimum atomic E-state index is -3.88. The molecule has 0 unspecified atom stereocenters. The third kappa shape index (κ3) is 3.40. The van der Waals surface area contributed by atoms with Gasteiger partial charge in [-0.1, -0.05) is 23.8 Å². The fraction of sp³-hybridized carbons (Fsp3) is 0.200. The average molecular weight is 308 g/mol. The molecule has 4 nitrogen and oxygen atoms in total. The van der Waals surface area contributed by atoms with Crippen molar-refractivity contribution in [2.24, 2.45) is 5.73 Å². The van der Waals surface area contributed by atoms with E-state index in [1.165, 1.54) is 12.1 Å². The molecule has 2 aromatic rings. The van der Waals surface area contributed by atoms with Gasteiger partial charge in [-0.15, -0.1) is 0 Å². The van der Waals surface area contributed by atoms with E-state index in [4.69, 9.17) is 5.73 Å². The van der Waals surface area contributed by atoms with E-state index in [9.17, 15) is 12.8 Å². The lowest BCUT2D eigenvalue weighted by Gasteiger charge is -2.13. The molecule has 112 valence electrons. The second-order valence-electron chi connectivity index (χ2n) is 4.88. The molecular weight excluding hydrogens is 291 g/mol. The Labute approximate surface area is 123 Å². The Morgan fingerprint density at radius 3 is 2.48 bits per heavy atom. The van der Waals surface area contributed by atoms with Gasteiger partial charge in [-0.05, 0) is 43.2 Å². The molecule has 0 atom stereocenters. The zero-order chi connectivity index (χ0) is 15.6. The summed E-state index contributed by atoms with van der Waals surface area (Å²) in [6, 6.07) is 8.91. The van der Waals surface area contributed by atoms with Gasteiger partial charge >= 0.3 is 0 Å². The third-order valence-corrected chi connectivity index (χ3v) is 4.61. The Morgan fingerprint density at radius 1 is 1.14 bits per heavy atom. The average Bonchev–Trinajstić information content (AvgIpc) is 2.42. The smallest absolute Gasteiger partial charge is 0.262 e. The monoisotopic (exact) mass is 308 g/mol. The molecule has 0 amide bonds. The Balaban J connectivity index is 2.45. The lowest BCUT2D eigenvalue weighted by molar-refractivity contribution is 0.593. The highest BCUT2D eigenvalue weighted by atomic mass is 32.2. The highest BCUT2D eigenvalue weighted by Crippen LogP contribution is 2.23. The molecule has 2 aromatic carbocycles. The van der Waals surface area contributed by atoms with Gasteiger partial charge in [0.05, 0.1) is 10.6 Å². The number of nitrogens with one attached hydrogen (secondary N) is 1. The number of sulfonamides is 1. The van der Waals surface area contributed by atoms with Crippen molar-refractivity contribution in [3.8, 4) is 0 Å². The SMILES string of the molecule is Cc1ccc(NS(=O)(=O)c2cc(F)ccc2CN)c(C)c1. The van der Waals surface area contributed by atoms with E-state index >= 15 is 0 Å². The summed E-state index contributed by atoms with van der Waals surface area (Å²) < 4.78 is 40.7. The first-order chi connectivity index (χ1) is 9.83. The summed E-state index contributed by atoms with van der Waals surface area (Å²) in [7, 11) is -3.88. The lowest BCUT2D eigenvalue weighted by Crippen LogP contribution is -2.17. The molecule has 6 heteroatoms. The summed E-state index contributed by atoms with van der Waals surface area (Å²) >= 11 is 0. The second kappa shape index (κ2) is 5.83. The molecule has 2 rings (SSSR count). The predicted octanol–water partition coefficient (Wildman–Crippen LogP) is 2.70. The standard InChI is InChI=1S/C15H17FN2O2S/c1-10-3-6-14(11(2)7-10)18-21(19,20)15-8-13(16)5-4-12(15)9-17/h3-8,18H,9,17H2,1-2H3. The highest BCUT2D eigenvalue weighted by molar-refractivity contribution is 7.92. The van der Waals surface area contributed by atoms with E-state index in [2.05, 4.69) is 4.72 Å². The van der Waals surface area contributed by atoms with Crippen LogP contribution in [0.1, 0.15) is 16.7 Å². The van der Waals surface area contributed by atoms with Crippen LogP contribution in [-0.4, -0.2) is 8.42 Å². The van der Waals surface area contributed by atoms with Crippen LogP contribution in [-0.2, 0) is 16.6 Å². The maximum atomic E-state index is 13.4. The van der Waals surface area contributed by atoms with Gasteiger partial charge in [0.15, 0.2) is 0 Å². The molecule has 0 spiro atoms. The van der Waals surface area contributed by atoms with Gasteiger partial charge in [-0.2, -0.15) is 0 Å². The summed E-state index contributed by atoms with van der Waals surface area (Å²) in [6.07, 6.45) is 0. The Bertz CT molecular complexity index is 773. The molecule has 0 aliphatic carbocycles. The number of hydrogen-bond donors (Lipinski definition) is 2. The molecule has 0 aliphatic heterocycles. The number of rotatable bonds is 4. The van der Waals surface area contributed by atoms with Crippen LogP contribution in [0.15, 0.2) is 41.3 Å². The second-order valence-corrected chi connectivity index (χ2v) is 6.53. The normalized spacial score (nSPS) is 11.4. The van der Waals surface area contributed by atoms with Crippen LogP contribution in [0.25, 0.3) is 0 Å². The van der Waals surface area contributed by atoms with Crippen LogP contribution < -0.4 is 10.5 Å². The Hall–Kier alpha value is -1.92. The van der Waals surface area contributed by atoms with E-state index in [1.807, 2.05) is 13.0 Å². The topological polar surface area (TPSA) is 72.2 Å². The van der Waals surface area contributed by atoms with E-state index in [-0.39, 0.29) is 11.4 Å². The van der Waals surface area contributed by atoms with Crippen LogP contribution in [0, 0.1) is 19.7 Å². The van der Waals surface area contributed by atoms with Gasteiger partial charge in [0.1, 0.15) is 5.82 Å². The molecular formula is C15H17FN2O2S. The quantitative estimate of drug-likeness (QED) is 0.912. The minimum absolute atomic E-state index is 0.0173. The summed E-state index contributed by atoms with van der Waals surface area (Å²) in [4.78, 5) is -0.134. The predicted molar refractivity (Wildman–Crippen MR) is 81.0 cm³/mol. The summed E-state index contributed by atoms with van der Waals surface area (Å²) in [5, 5.41) is 0. The number of nitrogens with two attached hydrogens (primary N) is 1. The molecule has 21 heavy (non-hydrogen) atoms. The van der Waals surface area contributed by atoms with E-state index in [0.29, 0.717) is 11.3 Å². The molecule has 0 aliphatic rings. The van der Waals surface area contributed by atoms with E-state index < -0.39 is 15.8 Å². The molecule has 0 radical (unpaired) electrons. The van der Waals surface area contributed by atoms with Crippen LogP contribution in [0.2, 0.25) is 0 Å².